The molecule has 1 saturated heterocycles. The van der Waals surface area contributed by atoms with E-state index in [1.54, 1.807) is 0 Å². The zero-order chi connectivity index (χ0) is 24.7. The highest BCUT2D eigenvalue weighted by atomic mass is 32.2. The molecule has 3 unspecified atom stereocenters. The monoisotopic (exact) mass is 503 g/mol. The van der Waals surface area contributed by atoms with E-state index in [1.807, 2.05) is 0 Å². The first kappa shape index (κ1) is 24.5. The van der Waals surface area contributed by atoms with Crippen molar-refractivity contribution in [3.8, 4) is 0 Å². The summed E-state index contributed by atoms with van der Waals surface area (Å²) in [6.45, 7) is 4.26. The summed E-state index contributed by atoms with van der Waals surface area (Å²) in [5.41, 5.74) is 8.53. The maximum absolute atomic E-state index is 13.8. The van der Waals surface area contributed by atoms with E-state index in [4.69, 9.17) is 5.73 Å². The van der Waals surface area contributed by atoms with Gasteiger partial charge in [-0.1, -0.05) is 31.2 Å². The number of rotatable bonds is 3. The fourth-order valence-corrected chi connectivity index (χ4v) is 6.79. The summed E-state index contributed by atoms with van der Waals surface area (Å²) in [7, 11) is 0. The van der Waals surface area contributed by atoms with E-state index < -0.39 is 11.7 Å². The highest BCUT2D eigenvalue weighted by Crippen LogP contribution is 2.46. The lowest BCUT2D eigenvalue weighted by Gasteiger charge is -2.34. The number of carbonyl (C=O) groups excluding carboxylic acids is 1. The number of piperidine rings is 1. The van der Waals surface area contributed by atoms with Gasteiger partial charge in [0.25, 0.3) is 0 Å². The Morgan fingerprint density at radius 2 is 1.94 bits per heavy atom. The molecule has 2 fully saturated rings. The van der Waals surface area contributed by atoms with Gasteiger partial charge in [-0.05, 0) is 73.4 Å². The summed E-state index contributed by atoms with van der Waals surface area (Å²) in [4.78, 5) is 16.9. The zero-order valence-electron chi connectivity index (χ0n) is 20.0. The van der Waals surface area contributed by atoms with Gasteiger partial charge in [0.2, 0.25) is 5.91 Å². The normalized spacial score (nSPS) is 24.5. The molecule has 4 nitrogen and oxygen atoms in total. The van der Waals surface area contributed by atoms with E-state index in [9.17, 15) is 18.0 Å². The summed E-state index contributed by atoms with van der Waals surface area (Å²) in [6.07, 6.45) is 1.41. The molecule has 2 heterocycles. The molecule has 0 spiro atoms. The second-order valence-corrected chi connectivity index (χ2v) is 11.5. The van der Waals surface area contributed by atoms with Gasteiger partial charge in [-0.2, -0.15) is 13.2 Å². The van der Waals surface area contributed by atoms with Crippen molar-refractivity contribution in [2.24, 2.45) is 17.6 Å². The quantitative estimate of drug-likeness (QED) is 0.431. The van der Waals surface area contributed by atoms with Crippen LogP contribution in [0.1, 0.15) is 62.1 Å². The number of carbonyl (C=O) groups is 1. The Bertz CT molecular complexity index is 1120. The Morgan fingerprint density at radius 1 is 1.11 bits per heavy atom. The average Bonchev–Trinajstić information content (AvgIpc) is 2.82. The van der Waals surface area contributed by atoms with Crippen LogP contribution in [-0.4, -0.2) is 25.0 Å². The average molecular weight is 504 g/mol. The number of nitrogens with two attached hydrogens (primary N) is 1. The molecule has 0 radical (unpaired) electrons. The Labute approximate surface area is 208 Å². The first-order chi connectivity index (χ1) is 16.7. The summed E-state index contributed by atoms with van der Waals surface area (Å²) < 4.78 is 41.3. The molecule has 35 heavy (non-hydrogen) atoms. The van der Waals surface area contributed by atoms with Crippen LogP contribution < -0.4 is 16.0 Å². The van der Waals surface area contributed by atoms with Crippen LogP contribution >= 0.6 is 11.8 Å². The van der Waals surface area contributed by atoms with Crippen LogP contribution in [0.25, 0.3) is 0 Å². The van der Waals surface area contributed by atoms with Gasteiger partial charge in [-0.3, -0.25) is 4.79 Å². The largest absolute Gasteiger partial charge is 0.416 e. The molecule has 2 aliphatic heterocycles. The van der Waals surface area contributed by atoms with Crippen LogP contribution in [0, 0.1) is 11.8 Å². The van der Waals surface area contributed by atoms with Gasteiger partial charge in [0.1, 0.15) is 0 Å². The fraction of sp³-hybridized carbons (Fsp3) is 0.519. The van der Waals surface area contributed by atoms with Crippen LogP contribution in [0.15, 0.2) is 40.1 Å². The molecule has 1 saturated carbocycles. The molecule has 3 aliphatic rings. The first-order valence-corrected chi connectivity index (χ1v) is 13.4. The van der Waals surface area contributed by atoms with Gasteiger partial charge in [0.05, 0.1) is 5.56 Å². The van der Waals surface area contributed by atoms with E-state index >= 15 is 0 Å². The molecule has 5 rings (SSSR count). The minimum atomic E-state index is -4.49. The van der Waals surface area contributed by atoms with Gasteiger partial charge >= 0.3 is 6.18 Å². The highest BCUT2D eigenvalue weighted by Gasteiger charge is 2.34. The molecule has 2 aromatic rings. The van der Waals surface area contributed by atoms with Gasteiger partial charge in [0.15, 0.2) is 0 Å². The van der Waals surface area contributed by atoms with Crippen molar-refractivity contribution in [2.45, 2.75) is 73.9 Å². The fourth-order valence-electron chi connectivity index (χ4n) is 5.61. The Balaban J connectivity index is 1.45. The van der Waals surface area contributed by atoms with Crippen LogP contribution in [0.4, 0.5) is 24.5 Å². The van der Waals surface area contributed by atoms with Crippen molar-refractivity contribution in [3.63, 3.8) is 0 Å². The number of fused-ring (bicyclic) bond motifs is 2. The maximum atomic E-state index is 13.8. The lowest BCUT2D eigenvalue weighted by atomic mass is 9.85. The van der Waals surface area contributed by atoms with Crippen LogP contribution in [0.2, 0.25) is 0 Å². The number of benzene rings is 2. The second kappa shape index (κ2) is 9.69. The zero-order valence-corrected chi connectivity index (χ0v) is 20.8. The minimum Gasteiger partial charge on any atom is -0.371 e. The lowest BCUT2D eigenvalue weighted by Crippen LogP contribution is -2.34. The topological polar surface area (TPSA) is 58.4 Å². The van der Waals surface area contributed by atoms with Gasteiger partial charge < -0.3 is 16.0 Å². The number of nitrogens with one attached hydrogen (secondary N) is 1. The molecule has 2 aromatic carbocycles. The summed E-state index contributed by atoms with van der Waals surface area (Å²) in [5.74, 6) is 0.140. The highest BCUT2D eigenvalue weighted by molar-refractivity contribution is 7.99. The van der Waals surface area contributed by atoms with E-state index in [2.05, 4.69) is 35.3 Å². The Hall–Kier alpha value is -2.19. The van der Waals surface area contributed by atoms with E-state index in [-0.39, 0.29) is 23.6 Å². The predicted molar refractivity (Wildman–Crippen MR) is 134 cm³/mol. The number of nitrogens with zero attached hydrogens (tertiary/aromatic N) is 1. The summed E-state index contributed by atoms with van der Waals surface area (Å²) >= 11 is 1.37. The number of anilines is 2. The van der Waals surface area contributed by atoms with Crippen LogP contribution in [0.5, 0.6) is 0 Å². The van der Waals surface area contributed by atoms with E-state index in [0.717, 1.165) is 66.5 Å². The number of amides is 1. The molecular formula is C27H32F3N3OS. The molecule has 3 atom stereocenters. The molecule has 188 valence electrons. The predicted octanol–water partition coefficient (Wildman–Crippen LogP) is 6.45. The van der Waals surface area contributed by atoms with Gasteiger partial charge in [0, 0.05) is 52.6 Å². The Morgan fingerprint density at radius 3 is 2.69 bits per heavy atom. The summed E-state index contributed by atoms with van der Waals surface area (Å²) in [5, 5.41) is 2.86. The molecule has 0 bridgehead atoms. The number of hydrogen-bond acceptors (Lipinski definition) is 4. The molecule has 3 N–H and O–H groups in total. The van der Waals surface area contributed by atoms with Crippen molar-refractivity contribution in [1.29, 1.82) is 0 Å². The maximum Gasteiger partial charge on any atom is 0.416 e. The van der Waals surface area contributed by atoms with Crippen LogP contribution in [0.3, 0.4) is 0 Å². The molecular weight excluding hydrogens is 471 g/mol. The number of halogens is 3. The van der Waals surface area contributed by atoms with Crippen molar-refractivity contribution >= 4 is 29.0 Å². The van der Waals surface area contributed by atoms with E-state index in [1.165, 1.54) is 24.2 Å². The SMILES string of the molecule is CC1CCCN(c2ccc3c(c2)Sc2cc(C(F)(F)F)cc(NC(=O)C4CCCC(N)C4)c2C3)C1. The number of hydrogen-bond donors (Lipinski definition) is 2. The van der Waals surface area contributed by atoms with E-state index in [0.29, 0.717) is 23.7 Å². The minimum absolute atomic E-state index is 0.0329. The van der Waals surface area contributed by atoms with Crippen molar-refractivity contribution < 1.29 is 18.0 Å². The van der Waals surface area contributed by atoms with Crippen molar-refractivity contribution in [3.05, 3.63) is 47.0 Å². The van der Waals surface area contributed by atoms with Crippen molar-refractivity contribution in [1.82, 2.24) is 0 Å². The third-order valence-electron chi connectivity index (χ3n) is 7.54. The number of alkyl halides is 3. The smallest absolute Gasteiger partial charge is 0.371 e. The molecule has 0 aromatic heterocycles. The van der Waals surface area contributed by atoms with Gasteiger partial charge in [-0.25, -0.2) is 0 Å². The van der Waals surface area contributed by atoms with Crippen LogP contribution in [-0.2, 0) is 17.4 Å². The summed E-state index contributed by atoms with van der Waals surface area (Å²) in [6, 6.07) is 8.61. The third-order valence-corrected chi connectivity index (χ3v) is 8.72. The van der Waals surface area contributed by atoms with Gasteiger partial charge in [-0.15, -0.1) is 0 Å². The molecule has 1 amide bonds. The molecule has 8 heteroatoms. The lowest BCUT2D eigenvalue weighted by molar-refractivity contribution is -0.137. The second-order valence-electron chi connectivity index (χ2n) is 10.4. The van der Waals surface area contributed by atoms with Crippen molar-refractivity contribution in [2.75, 3.05) is 23.3 Å². The Kier molecular flexibility index (Phi) is 6.79. The standard InChI is InChI=1S/C27H32F3N3OS/c1-16-4-3-9-33(15-16)21-8-7-17-11-22-23(32-26(34)18-5-2-6-20(31)10-18)12-19(27(28,29)30)13-25(22)35-24(17)14-21/h7-8,12-14,16,18,20H,2-6,9-11,15,31H2,1H3,(H,32,34). The first-order valence-electron chi connectivity index (χ1n) is 12.5. The molecule has 1 aliphatic carbocycles. The third kappa shape index (κ3) is 5.33.